The van der Waals surface area contributed by atoms with Gasteiger partial charge in [0.25, 0.3) is 11.8 Å². The minimum atomic E-state index is -0.645. The number of carbonyl (C=O) groups excluding carboxylic acids is 3. The number of ether oxygens (including phenoxy) is 1. The molecule has 2 aliphatic rings. The van der Waals surface area contributed by atoms with Crippen molar-refractivity contribution in [2.24, 2.45) is 0 Å². The van der Waals surface area contributed by atoms with E-state index >= 15 is 0 Å². The lowest BCUT2D eigenvalue weighted by Crippen LogP contribution is -2.30. The van der Waals surface area contributed by atoms with Crippen LogP contribution >= 0.6 is 11.6 Å². The Morgan fingerprint density at radius 2 is 1.72 bits per heavy atom. The van der Waals surface area contributed by atoms with E-state index in [-0.39, 0.29) is 23.5 Å². The number of H-pyrrole nitrogens is 1. The summed E-state index contributed by atoms with van der Waals surface area (Å²) in [7, 11) is 0. The van der Waals surface area contributed by atoms with E-state index in [2.05, 4.69) is 10.3 Å². The zero-order chi connectivity index (χ0) is 32.3. The Morgan fingerprint density at radius 3 is 2.48 bits per heavy atom. The standard InChI is InChI=1S/C36H33ClN4O5/c1-36(2,3)46-35(45)38-22-8-6-7-20(15-22)33(43)40-14-13-23-26-16-28(39-27(26)11-12-29(23)40)34(44)41-19-21(18-37)32-25-10-5-4-9-24(25)31(42)17-30(32)41/h4-12,15-17,21,39,42H,13-14,18-19H2,1-3H3,(H,38,45)/t21-/m0/s1. The second kappa shape index (κ2) is 11.1. The number of nitrogens with zero attached hydrogens (tertiary/aromatic N) is 2. The van der Waals surface area contributed by atoms with Gasteiger partial charge in [0, 0.05) is 64.2 Å². The van der Waals surface area contributed by atoms with Crippen LogP contribution < -0.4 is 15.1 Å². The molecule has 0 unspecified atom stereocenters. The molecule has 5 aromatic rings. The summed E-state index contributed by atoms with van der Waals surface area (Å²) in [4.78, 5) is 46.7. The summed E-state index contributed by atoms with van der Waals surface area (Å²) >= 11 is 6.39. The van der Waals surface area contributed by atoms with Gasteiger partial charge in [-0.15, -0.1) is 11.6 Å². The van der Waals surface area contributed by atoms with Gasteiger partial charge in [-0.3, -0.25) is 14.9 Å². The smallest absolute Gasteiger partial charge is 0.412 e. The first-order chi connectivity index (χ1) is 22.0. The Balaban J connectivity index is 1.16. The van der Waals surface area contributed by atoms with Crippen LogP contribution in [0.15, 0.2) is 72.8 Å². The molecule has 3 amide bonds. The summed E-state index contributed by atoms with van der Waals surface area (Å²) in [6.45, 7) is 6.24. The lowest BCUT2D eigenvalue weighted by molar-refractivity contribution is 0.0635. The van der Waals surface area contributed by atoms with Crippen molar-refractivity contribution in [3.8, 4) is 5.75 Å². The third-order valence-electron chi connectivity index (χ3n) is 8.57. The van der Waals surface area contributed by atoms with Gasteiger partial charge in [-0.05, 0) is 80.1 Å². The summed E-state index contributed by atoms with van der Waals surface area (Å²) in [5.41, 5.74) is 4.86. The fourth-order valence-corrected chi connectivity index (χ4v) is 6.89. The van der Waals surface area contributed by atoms with E-state index in [4.69, 9.17) is 16.3 Å². The summed E-state index contributed by atoms with van der Waals surface area (Å²) in [6, 6.07) is 21.7. The second-order valence-corrected chi connectivity index (χ2v) is 13.1. The Morgan fingerprint density at radius 1 is 0.935 bits per heavy atom. The largest absolute Gasteiger partial charge is 0.507 e. The molecule has 3 N–H and O–H groups in total. The highest BCUT2D eigenvalue weighted by atomic mass is 35.5. The number of fused-ring (bicyclic) bond motifs is 6. The van der Waals surface area contributed by atoms with Crippen molar-refractivity contribution in [1.29, 1.82) is 0 Å². The van der Waals surface area contributed by atoms with E-state index in [1.54, 1.807) is 60.9 Å². The Hall–Kier alpha value is -5.02. The number of aromatic nitrogens is 1. The van der Waals surface area contributed by atoms with Gasteiger partial charge in [0.05, 0.1) is 5.69 Å². The molecule has 0 aliphatic carbocycles. The normalized spacial score (nSPS) is 15.7. The molecule has 4 aromatic carbocycles. The molecule has 0 fully saturated rings. The highest BCUT2D eigenvalue weighted by molar-refractivity contribution is 6.19. The topological polar surface area (TPSA) is 115 Å². The number of rotatable bonds is 4. The van der Waals surface area contributed by atoms with Gasteiger partial charge in [0.1, 0.15) is 17.0 Å². The predicted octanol–water partition coefficient (Wildman–Crippen LogP) is 7.56. The van der Waals surface area contributed by atoms with Gasteiger partial charge in [0.15, 0.2) is 0 Å². The summed E-state index contributed by atoms with van der Waals surface area (Å²) in [5.74, 6) is -0.0143. The molecule has 1 atom stereocenters. The van der Waals surface area contributed by atoms with E-state index in [9.17, 15) is 19.5 Å². The first-order valence-electron chi connectivity index (χ1n) is 15.2. The number of phenolic OH excluding ortho intramolecular Hbond substituents is 1. The highest BCUT2D eigenvalue weighted by Crippen LogP contribution is 2.46. The van der Waals surface area contributed by atoms with Crippen LogP contribution in [-0.4, -0.2) is 52.6 Å². The Bertz CT molecular complexity index is 2060. The number of phenols is 1. The fraction of sp³-hybridized carbons (Fsp3) is 0.250. The number of benzene rings is 4. The minimum Gasteiger partial charge on any atom is -0.507 e. The van der Waals surface area contributed by atoms with E-state index in [1.807, 2.05) is 42.5 Å². The van der Waals surface area contributed by atoms with Crippen molar-refractivity contribution < 1.29 is 24.2 Å². The number of halogens is 1. The zero-order valence-electron chi connectivity index (χ0n) is 25.7. The lowest BCUT2D eigenvalue weighted by Gasteiger charge is -2.20. The first-order valence-corrected chi connectivity index (χ1v) is 15.7. The van der Waals surface area contributed by atoms with Crippen LogP contribution in [0.5, 0.6) is 5.75 Å². The molecule has 7 rings (SSSR count). The van der Waals surface area contributed by atoms with Crippen LogP contribution in [0.4, 0.5) is 21.9 Å². The SMILES string of the molecule is CC(C)(C)OC(=O)Nc1cccc(C(=O)N2CCc3c2ccc2[nH]c(C(=O)N4C[C@H](CCl)c5c4cc(O)c4ccccc54)cc32)c1. The third-order valence-corrected chi connectivity index (χ3v) is 8.95. The molecule has 46 heavy (non-hydrogen) atoms. The molecule has 9 nitrogen and oxygen atoms in total. The third kappa shape index (κ3) is 5.10. The van der Waals surface area contributed by atoms with Crippen molar-refractivity contribution in [2.75, 3.05) is 34.1 Å². The van der Waals surface area contributed by atoms with E-state index in [0.29, 0.717) is 48.0 Å². The highest BCUT2D eigenvalue weighted by Gasteiger charge is 2.36. The van der Waals surface area contributed by atoms with Crippen molar-refractivity contribution in [2.45, 2.75) is 38.7 Å². The molecule has 3 heterocycles. The maximum atomic E-state index is 14.0. The molecule has 0 saturated carbocycles. The molecular formula is C36H33ClN4O5. The average molecular weight is 637 g/mol. The monoisotopic (exact) mass is 636 g/mol. The van der Waals surface area contributed by atoms with Crippen LogP contribution in [0, 0.1) is 0 Å². The van der Waals surface area contributed by atoms with Crippen molar-refractivity contribution >= 4 is 68.2 Å². The summed E-state index contributed by atoms with van der Waals surface area (Å²) < 4.78 is 5.34. The zero-order valence-corrected chi connectivity index (χ0v) is 26.4. The lowest BCUT2D eigenvalue weighted by atomic mass is 9.95. The minimum absolute atomic E-state index is 0.0721. The second-order valence-electron chi connectivity index (χ2n) is 12.8. The molecule has 2 aliphatic heterocycles. The van der Waals surface area contributed by atoms with Crippen molar-refractivity contribution in [1.82, 2.24) is 4.98 Å². The molecule has 10 heteroatoms. The number of aromatic amines is 1. The molecular weight excluding hydrogens is 604 g/mol. The van der Waals surface area contributed by atoms with Crippen LogP contribution in [0.2, 0.25) is 0 Å². The molecule has 0 bridgehead atoms. The fourth-order valence-electron chi connectivity index (χ4n) is 6.64. The number of aromatic hydroxyl groups is 1. The number of nitrogens with one attached hydrogen (secondary N) is 2. The van der Waals surface area contributed by atoms with Gasteiger partial charge < -0.3 is 24.6 Å². The van der Waals surface area contributed by atoms with E-state index in [0.717, 1.165) is 38.5 Å². The van der Waals surface area contributed by atoms with Crippen molar-refractivity contribution in [3.63, 3.8) is 0 Å². The average Bonchev–Trinajstić information content (AvgIpc) is 3.74. The van der Waals surface area contributed by atoms with Crippen LogP contribution in [0.1, 0.15) is 58.7 Å². The maximum Gasteiger partial charge on any atom is 0.412 e. The molecule has 234 valence electrons. The number of anilines is 3. The van der Waals surface area contributed by atoms with Crippen LogP contribution in [0.3, 0.4) is 0 Å². The predicted molar refractivity (Wildman–Crippen MR) is 181 cm³/mol. The quantitative estimate of drug-likeness (QED) is 0.176. The van der Waals surface area contributed by atoms with Crippen LogP contribution in [0.25, 0.3) is 21.7 Å². The van der Waals surface area contributed by atoms with Crippen LogP contribution in [-0.2, 0) is 11.2 Å². The van der Waals surface area contributed by atoms with Gasteiger partial charge >= 0.3 is 6.09 Å². The van der Waals surface area contributed by atoms with E-state index < -0.39 is 11.7 Å². The van der Waals surface area contributed by atoms with Crippen molar-refractivity contribution in [3.05, 3.63) is 95.2 Å². The Labute approximate surface area is 270 Å². The van der Waals surface area contributed by atoms with E-state index in [1.165, 1.54) is 0 Å². The summed E-state index contributed by atoms with van der Waals surface area (Å²) in [6.07, 6.45) is 0.0325. The maximum absolute atomic E-state index is 14.0. The first kappa shape index (κ1) is 29.7. The number of hydrogen-bond acceptors (Lipinski definition) is 5. The number of hydrogen-bond donors (Lipinski definition) is 3. The number of amides is 3. The number of alkyl halides is 1. The van der Waals surface area contributed by atoms with Gasteiger partial charge in [-0.25, -0.2) is 4.79 Å². The molecule has 0 saturated heterocycles. The molecule has 0 radical (unpaired) electrons. The summed E-state index contributed by atoms with van der Waals surface area (Å²) in [5, 5.41) is 16.0. The number of carbonyl (C=O) groups is 3. The van der Waals surface area contributed by atoms with Gasteiger partial charge in [-0.2, -0.15) is 0 Å². The molecule has 1 aromatic heterocycles. The Kier molecular flexibility index (Phi) is 7.16. The molecule has 0 spiro atoms. The van der Waals surface area contributed by atoms with Gasteiger partial charge in [-0.1, -0.05) is 30.3 Å². The van der Waals surface area contributed by atoms with Gasteiger partial charge in [0.2, 0.25) is 0 Å².